The number of rotatable bonds is 8. The number of anilines is 1. The van der Waals surface area contributed by atoms with Crippen molar-refractivity contribution >= 4 is 17.5 Å². The van der Waals surface area contributed by atoms with E-state index in [1.54, 1.807) is 12.1 Å². The molecule has 1 aliphatic carbocycles. The molecule has 3 rings (SSSR count). The van der Waals surface area contributed by atoms with Gasteiger partial charge in [0.25, 0.3) is 0 Å². The molecular formula is C22H29N3O4. The summed E-state index contributed by atoms with van der Waals surface area (Å²) in [5, 5.41) is 5.73. The Morgan fingerprint density at radius 2 is 2.00 bits per heavy atom. The number of oxazole rings is 1. The second-order valence-corrected chi connectivity index (χ2v) is 7.57. The Bertz CT molecular complexity index is 840. The van der Waals surface area contributed by atoms with Gasteiger partial charge in [-0.3, -0.25) is 9.59 Å². The van der Waals surface area contributed by atoms with Gasteiger partial charge in [-0.25, -0.2) is 4.98 Å². The van der Waals surface area contributed by atoms with Gasteiger partial charge in [0.05, 0.1) is 6.54 Å². The molecule has 1 fully saturated rings. The molecule has 2 amide bonds. The monoisotopic (exact) mass is 399 g/mol. The van der Waals surface area contributed by atoms with Crippen molar-refractivity contribution in [2.24, 2.45) is 5.92 Å². The third-order valence-electron chi connectivity index (χ3n) is 5.21. The van der Waals surface area contributed by atoms with Crippen molar-refractivity contribution in [3.63, 3.8) is 0 Å². The fourth-order valence-electron chi connectivity index (χ4n) is 3.68. The zero-order chi connectivity index (χ0) is 20.6. The fourth-order valence-corrected chi connectivity index (χ4v) is 3.68. The number of aryl methyl sites for hydroxylation is 1. The third kappa shape index (κ3) is 6.15. The zero-order valence-electron chi connectivity index (χ0n) is 17.1. The van der Waals surface area contributed by atoms with Crippen LogP contribution in [-0.2, 0) is 20.9 Å². The summed E-state index contributed by atoms with van der Waals surface area (Å²) in [5.41, 5.74) is 2.11. The lowest BCUT2D eigenvalue weighted by Crippen LogP contribution is -2.26. The number of hydrogen-bond acceptors (Lipinski definition) is 5. The maximum atomic E-state index is 12.3. The van der Waals surface area contributed by atoms with Gasteiger partial charge in [-0.1, -0.05) is 25.3 Å². The molecule has 2 aromatic rings. The number of aromatic nitrogens is 1. The lowest BCUT2D eigenvalue weighted by Gasteiger charge is -2.20. The summed E-state index contributed by atoms with van der Waals surface area (Å²) in [7, 11) is 1.47. The van der Waals surface area contributed by atoms with Crippen LogP contribution < -0.4 is 10.6 Å². The Morgan fingerprint density at radius 1 is 1.21 bits per heavy atom. The molecule has 1 aromatic carbocycles. The van der Waals surface area contributed by atoms with Crippen LogP contribution in [0.1, 0.15) is 50.0 Å². The average Bonchev–Trinajstić information content (AvgIpc) is 3.08. The van der Waals surface area contributed by atoms with Crippen LogP contribution in [0.2, 0.25) is 0 Å². The molecule has 0 bridgehead atoms. The van der Waals surface area contributed by atoms with Crippen LogP contribution in [0.3, 0.4) is 0 Å². The summed E-state index contributed by atoms with van der Waals surface area (Å²) in [4.78, 5) is 28.5. The Labute approximate surface area is 171 Å². The van der Waals surface area contributed by atoms with E-state index in [2.05, 4.69) is 15.6 Å². The number of nitrogens with zero attached hydrogens (tertiary/aromatic N) is 1. The minimum Gasteiger partial charge on any atom is -0.441 e. The topological polar surface area (TPSA) is 93.5 Å². The van der Waals surface area contributed by atoms with Crippen molar-refractivity contribution < 1.29 is 18.7 Å². The van der Waals surface area contributed by atoms with E-state index in [4.69, 9.17) is 9.15 Å². The maximum absolute atomic E-state index is 12.3. The van der Waals surface area contributed by atoms with Crippen LogP contribution in [0.15, 0.2) is 28.7 Å². The van der Waals surface area contributed by atoms with Crippen LogP contribution in [0.5, 0.6) is 0 Å². The molecule has 1 aliphatic rings. The van der Waals surface area contributed by atoms with Crippen LogP contribution in [-0.4, -0.2) is 30.5 Å². The first-order chi connectivity index (χ1) is 14.0. The largest absolute Gasteiger partial charge is 0.441 e. The standard InChI is InChI=1S/C22H29N3O4/c1-15-19(13-23-20(26)11-16-7-4-3-5-8-16)25-22(29-15)17-9-6-10-18(12-17)24-21(27)14-28-2/h6,9-10,12,16H,3-5,7-8,11,13-14H2,1-2H3,(H,23,26)(H,24,27). The number of amides is 2. The van der Waals surface area contributed by atoms with E-state index in [1.807, 2.05) is 19.1 Å². The molecule has 7 nitrogen and oxygen atoms in total. The van der Waals surface area contributed by atoms with Gasteiger partial charge in [0.15, 0.2) is 0 Å². The van der Waals surface area contributed by atoms with E-state index in [0.29, 0.717) is 41.9 Å². The normalized spacial score (nSPS) is 14.6. The Morgan fingerprint density at radius 3 is 2.76 bits per heavy atom. The first-order valence-corrected chi connectivity index (χ1v) is 10.2. The summed E-state index contributed by atoms with van der Waals surface area (Å²) in [6.07, 6.45) is 6.64. The van der Waals surface area contributed by atoms with Gasteiger partial charge in [0.2, 0.25) is 17.7 Å². The highest BCUT2D eigenvalue weighted by atomic mass is 16.5. The summed E-state index contributed by atoms with van der Waals surface area (Å²) in [6.45, 7) is 2.18. The molecule has 0 radical (unpaired) electrons. The quantitative estimate of drug-likeness (QED) is 0.704. The summed E-state index contributed by atoms with van der Waals surface area (Å²) >= 11 is 0. The lowest BCUT2D eigenvalue weighted by molar-refractivity contribution is -0.122. The van der Waals surface area contributed by atoms with Crippen molar-refractivity contribution in [2.75, 3.05) is 19.0 Å². The first-order valence-electron chi connectivity index (χ1n) is 10.2. The molecular weight excluding hydrogens is 370 g/mol. The van der Waals surface area contributed by atoms with Gasteiger partial charge in [-0.15, -0.1) is 0 Å². The fraction of sp³-hybridized carbons (Fsp3) is 0.500. The predicted octanol–water partition coefficient (Wildman–Crippen LogP) is 3.82. The third-order valence-corrected chi connectivity index (χ3v) is 5.21. The van der Waals surface area contributed by atoms with E-state index in [0.717, 1.165) is 18.4 Å². The molecule has 0 aliphatic heterocycles. The highest BCUT2D eigenvalue weighted by Gasteiger charge is 2.18. The van der Waals surface area contributed by atoms with Gasteiger partial charge < -0.3 is 19.8 Å². The number of carbonyl (C=O) groups is 2. The molecule has 29 heavy (non-hydrogen) atoms. The van der Waals surface area contributed by atoms with Crippen molar-refractivity contribution in [3.8, 4) is 11.5 Å². The van der Waals surface area contributed by atoms with Gasteiger partial charge in [-0.2, -0.15) is 0 Å². The lowest BCUT2D eigenvalue weighted by atomic mass is 9.87. The Kier molecular flexibility index (Phi) is 7.41. The molecule has 0 atom stereocenters. The van der Waals surface area contributed by atoms with E-state index < -0.39 is 0 Å². The Hall–Kier alpha value is -2.67. The molecule has 1 aromatic heterocycles. The van der Waals surface area contributed by atoms with E-state index >= 15 is 0 Å². The van der Waals surface area contributed by atoms with E-state index in [9.17, 15) is 9.59 Å². The SMILES string of the molecule is COCC(=O)Nc1cccc(-c2nc(CNC(=O)CC3CCCCC3)c(C)o2)c1. The summed E-state index contributed by atoms with van der Waals surface area (Å²) in [6, 6.07) is 7.27. The van der Waals surface area contributed by atoms with Crippen LogP contribution in [0.25, 0.3) is 11.5 Å². The Balaban J connectivity index is 1.59. The van der Waals surface area contributed by atoms with Gasteiger partial charge in [-0.05, 0) is 43.9 Å². The van der Waals surface area contributed by atoms with Gasteiger partial charge >= 0.3 is 0 Å². The minimum atomic E-state index is -0.227. The van der Waals surface area contributed by atoms with E-state index in [-0.39, 0.29) is 18.4 Å². The second kappa shape index (κ2) is 10.2. The predicted molar refractivity (Wildman–Crippen MR) is 110 cm³/mol. The van der Waals surface area contributed by atoms with E-state index in [1.165, 1.54) is 26.4 Å². The number of hydrogen-bond donors (Lipinski definition) is 2. The molecule has 1 saturated carbocycles. The molecule has 0 unspecified atom stereocenters. The minimum absolute atomic E-state index is 0.00690. The number of carbonyl (C=O) groups excluding carboxylic acids is 2. The number of ether oxygens (including phenoxy) is 1. The van der Waals surface area contributed by atoms with Crippen LogP contribution in [0.4, 0.5) is 5.69 Å². The van der Waals surface area contributed by atoms with Crippen molar-refractivity contribution in [2.45, 2.75) is 52.0 Å². The molecule has 156 valence electrons. The van der Waals surface area contributed by atoms with Crippen LogP contribution in [0, 0.1) is 12.8 Å². The molecule has 2 N–H and O–H groups in total. The molecule has 0 spiro atoms. The maximum Gasteiger partial charge on any atom is 0.250 e. The summed E-state index contributed by atoms with van der Waals surface area (Å²) in [5.74, 6) is 1.49. The second-order valence-electron chi connectivity index (χ2n) is 7.57. The van der Waals surface area contributed by atoms with Gasteiger partial charge in [0.1, 0.15) is 18.1 Å². The van der Waals surface area contributed by atoms with Crippen molar-refractivity contribution in [1.29, 1.82) is 0 Å². The van der Waals surface area contributed by atoms with Crippen molar-refractivity contribution in [1.82, 2.24) is 10.3 Å². The summed E-state index contributed by atoms with van der Waals surface area (Å²) < 4.78 is 10.6. The number of benzene rings is 1. The van der Waals surface area contributed by atoms with Crippen LogP contribution >= 0.6 is 0 Å². The zero-order valence-corrected chi connectivity index (χ0v) is 17.1. The smallest absolute Gasteiger partial charge is 0.250 e. The molecule has 1 heterocycles. The average molecular weight is 399 g/mol. The highest BCUT2D eigenvalue weighted by molar-refractivity contribution is 5.92. The van der Waals surface area contributed by atoms with Crippen molar-refractivity contribution in [3.05, 3.63) is 35.7 Å². The highest BCUT2D eigenvalue weighted by Crippen LogP contribution is 2.27. The first kappa shape index (κ1) is 21.0. The van der Waals surface area contributed by atoms with Gasteiger partial charge in [0, 0.05) is 24.8 Å². The number of methoxy groups -OCH3 is 1. The molecule has 0 saturated heterocycles. The number of nitrogens with one attached hydrogen (secondary N) is 2. The molecule has 7 heteroatoms.